The maximum Gasteiger partial charge on any atom is 0.336 e. The van der Waals surface area contributed by atoms with Gasteiger partial charge in [0.25, 0.3) is 5.56 Å². The lowest BCUT2D eigenvalue weighted by Gasteiger charge is -2.12. The summed E-state index contributed by atoms with van der Waals surface area (Å²) >= 11 is 1.25. The summed E-state index contributed by atoms with van der Waals surface area (Å²) in [5.41, 5.74) is 0.662. The fraction of sp³-hybridized carbons (Fsp3) is 0.0500. The number of nitrogens with one attached hydrogen (secondary N) is 1. The molecule has 7 heteroatoms. The number of thiophene rings is 1. The highest BCUT2D eigenvalue weighted by Crippen LogP contribution is 2.16. The van der Waals surface area contributed by atoms with E-state index in [0.29, 0.717) is 21.6 Å². The summed E-state index contributed by atoms with van der Waals surface area (Å²) in [5.74, 6) is -0.339. The molecule has 0 saturated carbocycles. The number of hydrogen-bond acceptors (Lipinski definition) is 4. The number of para-hydroxylation sites is 2. The van der Waals surface area contributed by atoms with Crippen LogP contribution in [0.25, 0.3) is 15.9 Å². The molecule has 6 nitrogen and oxygen atoms in total. The van der Waals surface area contributed by atoms with Crippen molar-refractivity contribution in [2.24, 2.45) is 0 Å². The minimum Gasteiger partial charge on any atom is -0.325 e. The number of rotatable bonds is 4. The van der Waals surface area contributed by atoms with Crippen molar-refractivity contribution in [3.63, 3.8) is 0 Å². The lowest BCUT2D eigenvalue weighted by molar-refractivity contribution is -0.116. The quantitative estimate of drug-likeness (QED) is 0.594. The molecule has 0 fully saturated rings. The van der Waals surface area contributed by atoms with Gasteiger partial charge in [0.2, 0.25) is 5.91 Å². The smallest absolute Gasteiger partial charge is 0.325 e. The minimum atomic E-state index is -0.541. The van der Waals surface area contributed by atoms with E-state index in [4.69, 9.17) is 0 Å². The van der Waals surface area contributed by atoms with Gasteiger partial charge in [0.05, 0.1) is 11.2 Å². The second kappa shape index (κ2) is 7.05. The third-order valence-electron chi connectivity index (χ3n) is 4.13. The number of anilines is 1. The number of amides is 1. The maximum atomic E-state index is 13.0. The van der Waals surface area contributed by atoms with Crippen LogP contribution in [0.3, 0.4) is 0 Å². The molecule has 0 bridgehead atoms. The lowest BCUT2D eigenvalue weighted by atomic mass is 10.3. The van der Waals surface area contributed by atoms with E-state index in [1.807, 2.05) is 24.3 Å². The Balaban J connectivity index is 1.81. The van der Waals surface area contributed by atoms with Crippen molar-refractivity contribution in [2.45, 2.75) is 6.54 Å². The van der Waals surface area contributed by atoms with Gasteiger partial charge in [0.15, 0.2) is 0 Å². The van der Waals surface area contributed by atoms with Crippen molar-refractivity contribution in [2.75, 3.05) is 5.32 Å². The Kier molecular flexibility index (Phi) is 4.43. The second-order valence-electron chi connectivity index (χ2n) is 5.89. The molecule has 0 radical (unpaired) electrons. The third kappa shape index (κ3) is 3.20. The van der Waals surface area contributed by atoms with Crippen molar-refractivity contribution < 1.29 is 4.79 Å². The lowest BCUT2D eigenvalue weighted by Crippen LogP contribution is -2.40. The molecule has 0 aliphatic heterocycles. The first-order chi connectivity index (χ1) is 13.1. The minimum absolute atomic E-state index is 0.186. The molecule has 0 atom stereocenters. The largest absolute Gasteiger partial charge is 0.336 e. The molecule has 0 spiro atoms. The van der Waals surface area contributed by atoms with Gasteiger partial charge in [-0.15, -0.1) is 11.3 Å². The first kappa shape index (κ1) is 17.0. The standard InChI is InChI=1S/C20H15N3O3S/c24-17(21-14-7-3-1-4-8-14)13-22-16-11-12-27-18(16)19(25)23(20(22)26)15-9-5-2-6-10-15/h1-12H,13H2,(H,21,24). The fourth-order valence-corrected chi connectivity index (χ4v) is 3.73. The van der Waals surface area contributed by atoms with Crippen molar-refractivity contribution in [3.8, 4) is 5.69 Å². The second-order valence-corrected chi connectivity index (χ2v) is 6.81. The van der Waals surface area contributed by atoms with Gasteiger partial charge in [-0.2, -0.15) is 0 Å². The molecule has 0 unspecified atom stereocenters. The number of carbonyl (C=O) groups excluding carboxylic acids is 1. The Bertz CT molecular complexity index is 1220. The van der Waals surface area contributed by atoms with Crippen molar-refractivity contribution in [1.82, 2.24) is 9.13 Å². The van der Waals surface area contributed by atoms with Gasteiger partial charge in [-0.1, -0.05) is 36.4 Å². The molecule has 4 aromatic rings. The summed E-state index contributed by atoms with van der Waals surface area (Å²) in [4.78, 5) is 38.3. The highest BCUT2D eigenvalue weighted by atomic mass is 32.1. The summed E-state index contributed by atoms with van der Waals surface area (Å²) in [7, 11) is 0. The Morgan fingerprint density at radius 2 is 1.59 bits per heavy atom. The Morgan fingerprint density at radius 1 is 0.926 bits per heavy atom. The Hall–Kier alpha value is -3.45. The first-order valence-electron chi connectivity index (χ1n) is 8.28. The zero-order valence-corrected chi connectivity index (χ0v) is 15.0. The van der Waals surface area contributed by atoms with Gasteiger partial charge >= 0.3 is 5.69 Å². The van der Waals surface area contributed by atoms with Gasteiger partial charge in [0, 0.05) is 5.69 Å². The number of carbonyl (C=O) groups is 1. The van der Waals surface area contributed by atoms with Crippen molar-refractivity contribution in [3.05, 3.63) is 92.9 Å². The number of aromatic nitrogens is 2. The topological polar surface area (TPSA) is 73.1 Å². The van der Waals surface area contributed by atoms with Crippen LogP contribution >= 0.6 is 11.3 Å². The van der Waals surface area contributed by atoms with E-state index in [1.165, 1.54) is 15.9 Å². The predicted molar refractivity (Wildman–Crippen MR) is 107 cm³/mol. The van der Waals surface area contributed by atoms with E-state index in [0.717, 1.165) is 4.57 Å². The summed E-state index contributed by atoms with van der Waals surface area (Å²) < 4.78 is 2.87. The Morgan fingerprint density at radius 3 is 2.30 bits per heavy atom. The SMILES string of the molecule is O=C(Cn1c(=O)n(-c2ccccc2)c(=O)c2sccc21)Nc1ccccc1. The van der Waals surface area contributed by atoms with Crippen LogP contribution in [0.5, 0.6) is 0 Å². The molecule has 0 aliphatic carbocycles. The normalized spacial score (nSPS) is 10.8. The molecule has 1 N–H and O–H groups in total. The molecule has 2 heterocycles. The monoisotopic (exact) mass is 377 g/mol. The van der Waals surface area contributed by atoms with Gasteiger partial charge in [0.1, 0.15) is 11.2 Å². The molecule has 2 aromatic carbocycles. The highest BCUT2D eigenvalue weighted by molar-refractivity contribution is 7.17. The van der Waals surface area contributed by atoms with Crippen LogP contribution in [0.4, 0.5) is 5.69 Å². The zero-order valence-electron chi connectivity index (χ0n) is 14.2. The molecule has 0 aliphatic rings. The van der Waals surface area contributed by atoms with Crippen LogP contribution in [0.15, 0.2) is 81.7 Å². The molecule has 4 rings (SSSR count). The molecule has 27 heavy (non-hydrogen) atoms. The Labute approximate surface area is 157 Å². The zero-order chi connectivity index (χ0) is 18.8. The molecule has 2 aromatic heterocycles. The van der Waals surface area contributed by atoms with Gasteiger partial charge in [-0.25, -0.2) is 9.36 Å². The third-order valence-corrected chi connectivity index (χ3v) is 5.02. The van der Waals surface area contributed by atoms with E-state index in [-0.39, 0.29) is 18.0 Å². The molecular weight excluding hydrogens is 362 g/mol. The molecule has 134 valence electrons. The van der Waals surface area contributed by atoms with Gasteiger partial charge in [-0.05, 0) is 35.7 Å². The van der Waals surface area contributed by atoms with Gasteiger partial charge in [-0.3, -0.25) is 14.2 Å². The summed E-state index contributed by atoms with van der Waals surface area (Å²) in [6.45, 7) is -0.186. The van der Waals surface area contributed by atoms with Crippen LogP contribution < -0.4 is 16.6 Å². The summed E-state index contributed by atoms with van der Waals surface area (Å²) in [6.07, 6.45) is 0. The molecule has 0 saturated heterocycles. The van der Waals surface area contributed by atoms with E-state index in [2.05, 4.69) is 5.32 Å². The summed E-state index contributed by atoms with van der Waals surface area (Å²) in [6, 6.07) is 19.4. The number of hydrogen-bond donors (Lipinski definition) is 1. The van der Waals surface area contributed by atoms with Crippen LogP contribution in [-0.2, 0) is 11.3 Å². The van der Waals surface area contributed by atoms with E-state index >= 15 is 0 Å². The van der Waals surface area contributed by atoms with Crippen LogP contribution in [0.1, 0.15) is 0 Å². The fourth-order valence-electron chi connectivity index (χ4n) is 2.91. The summed E-state index contributed by atoms with van der Waals surface area (Å²) in [5, 5.41) is 4.51. The maximum absolute atomic E-state index is 13.0. The van der Waals surface area contributed by atoms with E-state index in [9.17, 15) is 14.4 Å². The van der Waals surface area contributed by atoms with Crippen LogP contribution in [0.2, 0.25) is 0 Å². The highest BCUT2D eigenvalue weighted by Gasteiger charge is 2.17. The van der Waals surface area contributed by atoms with Gasteiger partial charge < -0.3 is 5.32 Å². The number of nitrogens with zero attached hydrogens (tertiary/aromatic N) is 2. The average molecular weight is 377 g/mol. The van der Waals surface area contributed by atoms with Crippen molar-refractivity contribution in [1.29, 1.82) is 0 Å². The van der Waals surface area contributed by atoms with E-state index < -0.39 is 5.69 Å². The molecule has 1 amide bonds. The number of benzene rings is 2. The average Bonchev–Trinajstić information content (AvgIpc) is 3.17. The molecular formula is C20H15N3O3S. The predicted octanol–water partition coefficient (Wildman–Crippen LogP) is 2.85. The van der Waals surface area contributed by atoms with Crippen molar-refractivity contribution >= 4 is 33.1 Å². The first-order valence-corrected chi connectivity index (χ1v) is 9.16. The van der Waals surface area contributed by atoms with Crippen LogP contribution in [0, 0.1) is 0 Å². The van der Waals surface area contributed by atoms with Crippen LogP contribution in [-0.4, -0.2) is 15.0 Å². The number of fused-ring (bicyclic) bond motifs is 1. The van der Waals surface area contributed by atoms with E-state index in [1.54, 1.807) is 47.8 Å².